The number of aromatic amines is 1. The summed E-state index contributed by atoms with van der Waals surface area (Å²) in [6.07, 6.45) is 0.910. The molecule has 5 aromatic rings. The van der Waals surface area contributed by atoms with Crippen LogP contribution < -0.4 is 4.74 Å². The number of hydrogen-bond donors (Lipinski definition) is 1. The number of H-pyrrole nitrogens is 1. The zero-order valence-electron chi connectivity index (χ0n) is 22.4. The molecule has 11 nitrogen and oxygen atoms in total. The highest BCUT2D eigenvalue weighted by Crippen LogP contribution is 2.38. The van der Waals surface area contributed by atoms with E-state index in [0.717, 1.165) is 22.4 Å². The van der Waals surface area contributed by atoms with Crippen molar-refractivity contribution in [2.45, 2.75) is 33.6 Å². The minimum absolute atomic E-state index is 0.261. The molecule has 0 fully saturated rings. The standard InChI is InChI=1S/C29H28N6O5/c1-4-9-26(36)39-17-40-29(37)23-12-8-13-24-27(23)35(18(3)30-24)19-14-15-21(25(16-19)38-5-2)20-10-6-7-11-22(20)28-31-33-34-32-28/h6-8,10-16H,4-5,9,17H2,1-3H3,(H,31,32,33,34). The fourth-order valence-corrected chi connectivity index (χ4v) is 4.57. The third-order valence-electron chi connectivity index (χ3n) is 6.27. The molecule has 11 heteroatoms. The number of aromatic nitrogens is 6. The molecule has 204 valence electrons. The van der Waals surface area contributed by atoms with E-state index in [9.17, 15) is 9.59 Å². The van der Waals surface area contributed by atoms with E-state index in [-0.39, 0.29) is 6.42 Å². The Balaban J connectivity index is 1.56. The van der Waals surface area contributed by atoms with Crippen molar-refractivity contribution >= 4 is 23.0 Å². The van der Waals surface area contributed by atoms with Gasteiger partial charge in [0.25, 0.3) is 0 Å². The van der Waals surface area contributed by atoms with Crippen LogP contribution in [0.1, 0.15) is 42.9 Å². The van der Waals surface area contributed by atoms with Gasteiger partial charge in [-0.1, -0.05) is 37.3 Å². The largest absolute Gasteiger partial charge is 0.493 e. The Labute approximate surface area is 230 Å². The second-order valence-electron chi connectivity index (χ2n) is 8.89. The number of fused-ring (bicyclic) bond motifs is 1. The van der Waals surface area contributed by atoms with Gasteiger partial charge in [0.15, 0.2) is 5.82 Å². The lowest BCUT2D eigenvalue weighted by molar-refractivity contribution is -0.152. The lowest BCUT2D eigenvalue weighted by atomic mass is 9.98. The molecular formula is C29H28N6O5. The summed E-state index contributed by atoms with van der Waals surface area (Å²) in [5, 5.41) is 14.3. The Morgan fingerprint density at radius 3 is 2.52 bits per heavy atom. The van der Waals surface area contributed by atoms with Gasteiger partial charge >= 0.3 is 11.9 Å². The number of aryl methyl sites for hydroxylation is 1. The molecular weight excluding hydrogens is 512 g/mol. The maximum absolute atomic E-state index is 13.1. The zero-order valence-corrected chi connectivity index (χ0v) is 22.4. The smallest absolute Gasteiger partial charge is 0.343 e. The lowest BCUT2D eigenvalue weighted by Crippen LogP contribution is -2.13. The van der Waals surface area contributed by atoms with Gasteiger partial charge in [-0.15, -0.1) is 5.10 Å². The second kappa shape index (κ2) is 11.8. The van der Waals surface area contributed by atoms with Crippen LogP contribution in [0.2, 0.25) is 0 Å². The summed E-state index contributed by atoms with van der Waals surface area (Å²) in [6, 6.07) is 18.8. The highest BCUT2D eigenvalue weighted by atomic mass is 16.7. The molecule has 0 radical (unpaired) electrons. The number of imidazole rings is 1. The Morgan fingerprint density at radius 2 is 1.77 bits per heavy atom. The van der Waals surface area contributed by atoms with Crippen molar-refractivity contribution in [1.82, 2.24) is 30.2 Å². The first-order chi connectivity index (χ1) is 19.5. The number of rotatable bonds is 10. The van der Waals surface area contributed by atoms with Gasteiger partial charge in [-0.3, -0.25) is 9.36 Å². The molecule has 0 amide bonds. The summed E-state index contributed by atoms with van der Waals surface area (Å²) in [5.41, 5.74) is 4.83. The molecule has 0 saturated carbocycles. The van der Waals surface area contributed by atoms with Crippen molar-refractivity contribution in [3.05, 3.63) is 72.1 Å². The van der Waals surface area contributed by atoms with E-state index < -0.39 is 18.7 Å². The van der Waals surface area contributed by atoms with E-state index in [1.165, 1.54) is 0 Å². The first kappa shape index (κ1) is 26.5. The van der Waals surface area contributed by atoms with Gasteiger partial charge in [-0.05, 0) is 60.5 Å². The predicted molar refractivity (Wildman–Crippen MR) is 147 cm³/mol. The number of tetrazole rings is 1. The Hall–Kier alpha value is -5.06. The molecule has 2 heterocycles. The first-order valence-electron chi connectivity index (χ1n) is 12.9. The Morgan fingerprint density at radius 1 is 0.950 bits per heavy atom. The number of carbonyl (C=O) groups excluding carboxylic acids is 2. The summed E-state index contributed by atoms with van der Waals surface area (Å²) in [5.74, 6) is 0.825. The van der Waals surface area contributed by atoms with E-state index in [1.54, 1.807) is 12.1 Å². The van der Waals surface area contributed by atoms with Gasteiger partial charge in [0.2, 0.25) is 6.79 Å². The molecule has 0 unspecified atom stereocenters. The minimum Gasteiger partial charge on any atom is -0.493 e. The molecule has 0 saturated heterocycles. The van der Waals surface area contributed by atoms with Crippen LogP contribution in [0.4, 0.5) is 0 Å². The van der Waals surface area contributed by atoms with Crippen molar-refractivity contribution in [3.63, 3.8) is 0 Å². The molecule has 5 rings (SSSR count). The molecule has 0 bridgehead atoms. The van der Waals surface area contributed by atoms with Crippen LogP contribution in [-0.4, -0.2) is 55.5 Å². The summed E-state index contributed by atoms with van der Waals surface area (Å²) >= 11 is 0. The number of hydrogen-bond acceptors (Lipinski definition) is 9. The number of nitrogens with one attached hydrogen (secondary N) is 1. The third-order valence-corrected chi connectivity index (χ3v) is 6.27. The molecule has 1 N–H and O–H groups in total. The highest BCUT2D eigenvalue weighted by molar-refractivity contribution is 6.03. The van der Waals surface area contributed by atoms with E-state index >= 15 is 0 Å². The molecule has 0 aliphatic heterocycles. The summed E-state index contributed by atoms with van der Waals surface area (Å²) in [6.45, 7) is 5.64. The van der Waals surface area contributed by atoms with Gasteiger partial charge in [0.1, 0.15) is 11.6 Å². The number of para-hydroxylation sites is 1. The van der Waals surface area contributed by atoms with Crippen LogP contribution in [0.5, 0.6) is 5.75 Å². The molecule has 0 aliphatic rings. The van der Waals surface area contributed by atoms with Crippen molar-refractivity contribution in [1.29, 1.82) is 0 Å². The van der Waals surface area contributed by atoms with Crippen LogP contribution in [0, 0.1) is 6.92 Å². The average molecular weight is 541 g/mol. The molecule has 0 spiro atoms. The van der Waals surface area contributed by atoms with Gasteiger partial charge in [0.05, 0.1) is 28.9 Å². The average Bonchev–Trinajstić information content (AvgIpc) is 3.61. The number of nitrogens with zero attached hydrogens (tertiary/aromatic N) is 5. The number of ether oxygens (including phenoxy) is 3. The molecule has 40 heavy (non-hydrogen) atoms. The topological polar surface area (TPSA) is 134 Å². The van der Waals surface area contributed by atoms with Gasteiger partial charge in [0, 0.05) is 23.6 Å². The maximum Gasteiger partial charge on any atom is 0.343 e. The van der Waals surface area contributed by atoms with E-state index in [1.807, 2.05) is 73.9 Å². The minimum atomic E-state index is -0.618. The van der Waals surface area contributed by atoms with E-state index in [2.05, 4.69) is 25.6 Å². The predicted octanol–water partition coefficient (Wildman–Crippen LogP) is 5.04. The molecule has 0 atom stereocenters. The van der Waals surface area contributed by atoms with Crippen molar-refractivity contribution < 1.29 is 23.8 Å². The number of carbonyl (C=O) groups is 2. The van der Waals surface area contributed by atoms with Crippen LogP contribution in [0.15, 0.2) is 60.7 Å². The highest BCUT2D eigenvalue weighted by Gasteiger charge is 2.21. The number of benzene rings is 3. The summed E-state index contributed by atoms with van der Waals surface area (Å²) in [7, 11) is 0. The van der Waals surface area contributed by atoms with Crippen molar-refractivity contribution in [3.8, 4) is 34.0 Å². The van der Waals surface area contributed by atoms with Crippen LogP contribution in [0.25, 0.3) is 39.2 Å². The van der Waals surface area contributed by atoms with E-state index in [0.29, 0.717) is 47.0 Å². The monoisotopic (exact) mass is 540 g/mol. The fraction of sp³-hybridized carbons (Fsp3) is 0.241. The van der Waals surface area contributed by atoms with Crippen LogP contribution >= 0.6 is 0 Å². The number of esters is 2. The maximum atomic E-state index is 13.1. The van der Waals surface area contributed by atoms with Gasteiger partial charge in [-0.25, -0.2) is 14.9 Å². The molecule has 3 aromatic carbocycles. The quantitative estimate of drug-likeness (QED) is 0.191. The summed E-state index contributed by atoms with van der Waals surface area (Å²) in [4.78, 5) is 29.4. The third kappa shape index (κ3) is 5.26. The SMILES string of the molecule is CCCC(=O)OCOC(=O)c1cccc2nc(C)n(-c3ccc(-c4ccccc4-c4nnn[nH]4)c(OCC)c3)c12. The van der Waals surface area contributed by atoms with E-state index in [4.69, 9.17) is 14.2 Å². The van der Waals surface area contributed by atoms with Crippen molar-refractivity contribution in [2.24, 2.45) is 0 Å². The Bertz CT molecular complexity index is 1660. The van der Waals surface area contributed by atoms with Crippen molar-refractivity contribution in [2.75, 3.05) is 13.4 Å². The Kier molecular flexibility index (Phi) is 7.81. The second-order valence-corrected chi connectivity index (χ2v) is 8.89. The zero-order chi connectivity index (χ0) is 28.1. The van der Waals surface area contributed by atoms with Gasteiger partial charge in [-0.2, -0.15) is 0 Å². The normalized spacial score (nSPS) is 11.0. The van der Waals surface area contributed by atoms with Crippen LogP contribution in [0.3, 0.4) is 0 Å². The lowest BCUT2D eigenvalue weighted by Gasteiger charge is -2.16. The van der Waals surface area contributed by atoms with Crippen LogP contribution in [-0.2, 0) is 14.3 Å². The summed E-state index contributed by atoms with van der Waals surface area (Å²) < 4.78 is 18.3. The molecule has 2 aromatic heterocycles. The first-order valence-corrected chi connectivity index (χ1v) is 12.9. The fourth-order valence-electron chi connectivity index (χ4n) is 4.57. The molecule has 0 aliphatic carbocycles. The van der Waals surface area contributed by atoms with Gasteiger partial charge < -0.3 is 14.2 Å².